The molecule has 0 atom stereocenters. The van der Waals surface area contributed by atoms with Crippen molar-refractivity contribution in [1.29, 1.82) is 0 Å². The molecule has 0 spiro atoms. The molecule has 1 N–H and O–H groups in total. The first-order valence-electron chi connectivity index (χ1n) is 5.75. The van der Waals surface area contributed by atoms with E-state index < -0.39 is 0 Å². The van der Waals surface area contributed by atoms with Gasteiger partial charge in [0.15, 0.2) is 0 Å². The number of nitrogens with zero attached hydrogens (tertiary/aromatic N) is 1. The van der Waals surface area contributed by atoms with Gasteiger partial charge < -0.3 is 10.1 Å². The molecule has 106 valence electrons. The van der Waals surface area contributed by atoms with Gasteiger partial charge in [-0.15, -0.1) is 22.9 Å². The maximum Gasteiger partial charge on any atom is 0.231 e. The lowest BCUT2D eigenvalue weighted by Crippen LogP contribution is -2.14. The average Bonchev–Trinajstić information content (AvgIpc) is 2.88. The van der Waals surface area contributed by atoms with Crippen molar-refractivity contribution in [2.45, 2.75) is 12.3 Å². The molecule has 1 aromatic heterocycles. The van der Waals surface area contributed by atoms with E-state index in [1.54, 1.807) is 13.2 Å². The normalized spacial score (nSPS) is 10.3. The molecule has 7 heteroatoms. The van der Waals surface area contributed by atoms with E-state index in [1.807, 2.05) is 17.5 Å². The first-order valence-corrected chi connectivity index (χ1v) is 7.95. The molecular weight excluding hydrogens is 364 g/mol. The van der Waals surface area contributed by atoms with Gasteiger partial charge in [0, 0.05) is 15.9 Å². The van der Waals surface area contributed by atoms with Crippen molar-refractivity contribution in [2.75, 3.05) is 12.4 Å². The second-order valence-electron chi connectivity index (χ2n) is 3.94. The summed E-state index contributed by atoms with van der Waals surface area (Å²) >= 11 is 10.5. The highest BCUT2D eigenvalue weighted by Crippen LogP contribution is 2.27. The Labute approximate surface area is 134 Å². The van der Waals surface area contributed by atoms with Gasteiger partial charge in [-0.1, -0.05) is 0 Å². The van der Waals surface area contributed by atoms with E-state index in [4.69, 9.17) is 16.3 Å². The highest BCUT2D eigenvalue weighted by molar-refractivity contribution is 9.10. The van der Waals surface area contributed by atoms with Gasteiger partial charge in [0.25, 0.3) is 0 Å². The lowest BCUT2D eigenvalue weighted by Gasteiger charge is -2.08. The lowest BCUT2D eigenvalue weighted by molar-refractivity contribution is -0.115. The number of alkyl halides is 1. The van der Waals surface area contributed by atoms with Gasteiger partial charge in [0.2, 0.25) is 5.91 Å². The lowest BCUT2D eigenvalue weighted by atomic mass is 10.3. The molecule has 0 aliphatic rings. The number of ether oxygens (including phenoxy) is 1. The smallest absolute Gasteiger partial charge is 0.231 e. The fourth-order valence-corrected chi connectivity index (χ4v) is 2.92. The minimum Gasteiger partial charge on any atom is -0.497 e. The topological polar surface area (TPSA) is 51.2 Å². The Kier molecular flexibility index (Phi) is 5.39. The SMILES string of the molecule is COc1ccc(Br)c(NC(=O)Cc2nc(CCl)cs2)c1. The number of carbonyl (C=O) groups is 1. The number of carbonyl (C=O) groups excluding carboxylic acids is 1. The third-order valence-corrected chi connectivity index (χ3v) is 4.36. The first-order chi connectivity index (χ1) is 9.62. The van der Waals surface area contributed by atoms with Crippen LogP contribution in [0.5, 0.6) is 5.75 Å². The van der Waals surface area contributed by atoms with Crippen LogP contribution >= 0.6 is 38.9 Å². The van der Waals surface area contributed by atoms with E-state index in [2.05, 4.69) is 26.2 Å². The summed E-state index contributed by atoms with van der Waals surface area (Å²) in [6.45, 7) is 0. The maximum absolute atomic E-state index is 12.0. The third-order valence-electron chi connectivity index (χ3n) is 2.50. The summed E-state index contributed by atoms with van der Waals surface area (Å²) in [6, 6.07) is 5.39. The zero-order valence-electron chi connectivity index (χ0n) is 10.7. The summed E-state index contributed by atoms with van der Waals surface area (Å²) in [6.07, 6.45) is 0.227. The molecule has 0 radical (unpaired) electrons. The maximum atomic E-state index is 12.0. The van der Waals surface area contributed by atoms with Crippen LogP contribution in [0.15, 0.2) is 28.1 Å². The number of hydrogen-bond acceptors (Lipinski definition) is 4. The van der Waals surface area contributed by atoms with Crippen LogP contribution in [0.1, 0.15) is 10.7 Å². The van der Waals surface area contributed by atoms with Crippen LogP contribution in [-0.2, 0) is 17.1 Å². The highest BCUT2D eigenvalue weighted by Gasteiger charge is 2.10. The second-order valence-corrected chi connectivity index (χ2v) is 6.00. The average molecular weight is 376 g/mol. The molecule has 1 aromatic carbocycles. The van der Waals surface area contributed by atoms with Crippen LogP contribution in [0.3, 0.4) is 0 Å². The Morgan fingerprint density at radius 1 is 1.55 bits per heavy atom. The predicted octanol–water partition coefficient (Wildman–Crippen LogP) is 3.83. The molecule has 0 aliphatic carbocycles. The van der Waals surface area contributed by atoms with E-state index >= 15 is 0 Å². The Morgan fingerprint density at radius 2 is 2.35 bits per heavy atom. The number of thiazole rings is 1. The zero-order chi connectivity index (χ0) is 14.5. The van der Waals surface area contributed by atoms with Crippen LogP contribution in [0.4, 0.5) is 5.69 Å². The molecule has 2 aromatic rings. The number of halogens is 2. The van der Waals surface area contributed by atoms with Crippen LogP contribution in [0.25, 0.3) is 0 Å². The summed E-state index contributed by atoms with van der Waals surface area (Å²) in [4.78, 5) is 16.2. The molecule has 1 heterocycles. The van der Waals surface area contributed by atoms with Crippen molar-refractivity contribution < 1.29 is 9.53 Å². The van der Waals surface area contributed by atoms with Crippen LogP contribution in [0, 0.1) is 0 Å². The minimum absolute atomic E-state index is 0.130. The van der Waals surface area contributed by atoms with Gasteiger partial charge in [-0.25, -0.2) is 4.98 Å². The predicted molar refractivity (Wildman–Crippen MR) is 84.7 cm³/mol. The van der Waals surface area contributed by atoms with Crippen molar-refractivity contribution in [3.63, 3.8) is 0 Å². The van der Waals surface area contributed by atoms with Crippen molar-refractivity contribution in [3.8, 4) is 5.75 Å². The van der Waals surface area contributed by atoms with Gasteiger partial charge >= 0.3 is 0 Å². The number of rotatable bonds is 5. The molecule has 20 heavy (non-hydrogen) atoms. The van der Waals surface area contributed by atoms with E-state index in [-0.39, 0.29) is 12.3 Å². The first kappa shape index (κ1) is 15.3. The largest absolute Gasteiger partial charge is 0.497 e. The number of aromatic nitrogens is 1. The Bertz CT molecular complexity index is 618. The summed E-state index contributed by atoms with van der Waals surface area (Å²) in [5.41, 5.74) is 1.46. The molecule has 0 saturated heterocycles. The molecule has 2 rings (SSSR count). The van der Waals surface area contributed by atoms with Crippen LogP contribution in [0.2, 0.25) is 0 Å². The van der Waals surface area contributed by atoms with Gasteiger partial charge in [-0.2, -0.15) is 0 Å². The van der Waals surface area contributed by atoms with E-state index in [0.717, 1.165) is 15.2 Å². The van der Waals surface area contributed by atoms with E-state index in [9.17, 15) is 4.79 Å². The third kappa shape index (κ3) is 3.94. The molecule has 0 saturated carbocycles. The molecule has 0 bridgehead atoms. The fourth-order valence-electron chi connectivity index (χ4n) is 1.55. The van der Waals surface area contributed by atoms with Gasteiger partial charge in [-0.05, 0) is 28.1 Å². The quantitative estimate of drug-likeness (QED) is 0.808. The number of benzene rings is 1. The number of hydrogen-bond donors (Lipinski definition) is 1. The van der Waals surface area contributed by atoms with Crippen molar-refractivity contribution in [2.24, 2.45) is 0 Å². The number of anilines is 1. The zero-order valence-corrected chi connectivity index (χ0v) is 13.8. The monoisotopic (exact) mass is 374 g/mol. The number of methoxy groups -OCH3 is 1. The van der Waals surface area contributed by atoms with Crippen molar-refractivity contribution >= 4 is 50.5 Å². The summed E-state index contributed by atoms with van der Waals surface area (Å²) < 4.78 is 5.93. The summed E-state index contributed by atoms with van der Waals surface area (Å²) in [5.74, 6) is 0.913. The molecule has 0 fully saturated rings. The summed E-state index contributed by atoms with van der Waals surface area (Å²) in [7, 11) is 1.58. The van der Waals surface area contributed by atoms with E-state index in [1.165, 1.54) is 11.3 Å². The van der Waals surface area contributed by atoms with Gasteiger partial charge in [0.05, 0.1) is 30.8 Å². The second kappa shape index (κ2) is 7.06. The van der Waals surface area contributed by atoms with Crippen molar-refractivity contribution in [3.05, 3.63) is 38.8 Å². The Hall–Kier alpha value is -1.11. The molecule has 0 aliphatic heterocycles. The van der Waals surface area contributed by atoms with Crippen molar-refractivity contribution in [1.82, 2.24) is 4.98 Å². The van der Waals surface area contributed by atoms with E-state index in [0.29, 0.717) is 17.3 Å². The number of amides is 1. The van der Waals surface area contributed by atoms with Gasteiger partial charge in [-0.3, -0.25) is 4.79 Å². The standard InChI is InChI=1S/C13H12BrClN2O2S/c1-19-9-2-3-10(14)11(4-9)17-12(18)5-13-16-8(6-15)7-20-13/h2-4,7H,5-6H2,1H3,(H,17,18). The Morgan fingerprint density at radius 3 is 3.00 bits per heavy atom. The highest BCUT2D eigenvalue weighted by atomic mass is 79.9. The van der Waals surface area contributed by atoms with Crippen LogP contribution in [-0.4, -0.2) is 18.0 Å². The molecule has 4 nitrogen and oxygen atoms in total. The van der Waals surface area contributed by atoms with Gasteiger partial charge in [0.1, 0.15) is 10.8 Å². The minimum atomic E-state index is -0.130. The molecule has 1 amide bonds. The summed E-state index contributed by atoms with van der Waals surface area (Å²) in [5, 5.41) is 5.43. The molecular formula is C13H12BrClN2O2S. The Balaban J connectivity index is 2.04. The number of nitrogens with one attached hydrogen (secondary N) is 1. The molecule has 0 unspecified atom stereocenters. The van der Waals surface area contributed by atoms with Crippen LogP contribution < -0.4 is 10.1 Å². The fraction of sp³-hybridized carbons (Fsp3) is 0.231.